The second-order valence-corrected chi connectivity index (χ2v) is 9.88. The van der Waals surface area contributed by atoms with Gasteiger partial charge in [0.25, 0.3) is 0 Å². The van der Waals surface area contributed by atoms with Gasteiger partial charge in [-0.15, -0.1) is 11.8 Å². The minimum absolute atomic E-state index is 0.0734. The van der Waals surface area contributed by atoms with E-state index >= 15 is 0 Å². The Morgan fingerprint density at radius 2 is 1.83 bits per heavy atom. The van der Waals surface area contributed by atoms with Gasteiger partial charge < -0.3 is 4.90 Å². The number of halogens is 2. The van der Waals surface area contributed by atoms with Crippen LogP contribution >= 0.6 is 11.8 Å². The molecule has 0 aromatic heterocycles. The summed E-state index contributed by atoms with van der Waals surface area (Å²) in [6.07, 6.45) is 1.42. The van der Waals surface area contributed by atoms with E-state index in [1.165, 1.54) is 10.4 Å². The molecule has 9 heteroatoms. The number of amides is 1. The molecule has 2 aromatic carbocycles. The zero-order valence-corrected chi connectivity index (χ0v) is 18.5. The molecule has 0 fully saturated rings. The van der Waals surface area contributed by atoms with Gasteiger partial charge in [-0.2, -0.15) is 4.31 Å². The number of hydrogen-bond donors (Lipinski definition) is 0. The third kappa shape index (κ3) is 4.68. The van der Waals surface area contributed by atoms with Crippen molar-refractivity contribution in [3.63, 3.8) is 0 Å². The number of aryl methyl sites for hydroxylation is 1. The highest BCUT2D eigenvalue weighted by Crippen LogP contribution is 2.31. The van der Waals surface area contributed by atoms with Crippen molar-refractivity contribution in [1.82, 2.24) is 4.31 Å². The van der Waals surface area contributed by atoms with Crippen molar-refractivity contribution < 1.29 is 22.0 Å². The molecule has 162 valence electrons. The van der Waals surface area contributed by atoms with E-state index in [4.69, 9.17) is 0 Å². The van der Waals surface area contributed by atoms with Gasteiger partial charge in [0.05, 0.1) is 10.6 Å². The lowest BCUT2D eigenvalue weighted by Gasteiger charge is -2.30. The maximum absolute atomic E-state index is 13.4. The minimum atomic E-state index is -3.57. The molecule has 0 radical (unpaired) electrons. The van der Waals surface area contributed by atoms with Crippen LogP contribution in [0.25, 0.3) is 0 Å². The van der Waals surface area contributed by atoms with E-state index in [0.717, 1.165) is 35.9 Å². The molecule has 1 aliphatic heterocycles. The maximum atomic E-state index is 13.4. The van der Waals surface area contributed by atoms with Crippen LogP contribution in [-0.4, -0.2) is 44.0 Å². The minimum Gasteiger partial charge on any atom is -0.311 e. The van der Waals surface area contributed by atoms with Crippen LogP contribution in [0, 0.1) is 11.6 Å². The SMILES string of the molecule is CCN(CC)S(=O)(=O)c1ccc2c(c1)CCCN2C(=O)CSc1ccc(F)c(F)c1. The molecule has 0 bridgehead atoms. The van der Waals surface area contributed by atoms with Crippen LogP contribution < -0.4 is 4.90 Å². The molecule has 2 aromatic rings. The van der Waals surface area contributed by atoms with Gasteiger partial charge in [0, 0.05) is 30.2 Å². The summed E-state index contributed by atoms with van der Waals surface area (Å²) in [4.78, 5) is 15.1. The molecule has 1 aliphatic rings. The summed E-state index contributed by atoms with van der Waals surface area (Å²) >= 11 is 1.14. The molecule has 0 unspecified atom stereocenters. The summed E-state index contributed by atoms with van der Waals surface area (Å²) in [5.41, 5.74) is 1.52. The van der Waals surface area contributed by atoms with Crippen molar-refractivity contribution in [2.24, 2.45) is 0 Å². The smallest absolute Gasteiger partial charge is 0.243 e. The second-order valence-electron chi connectivity index (χ2n) is 6.89. The van der Waals surface area contributed by atoms with Crippen LogP contribution in [0.2, 0.25) is 0 Å². The largest absolute Gasteiger partial charge is 0.311 e. The Hall–Kier alpha value is -1.97. The first-order valence-electron chi connectivity index (χ1n) is 9.79. The van der Waals surface area contributed by atoms with Crippen LogP contribution in [0.1, 0.15) is 25.8 Å². The van der Waals surface area contributed by atoms with E-state index in [9.17, 15) is 22.0 Å². The van der Waals surface area contributed by atoms with E-state index < -0.39 is 21.7 Å². The van der Waals surface area contributed by atoms with Crippen molar-refractivity contribution >= 4 is 33.4 Å². The third-order valence-corrected chi connectivity index (χ3v) is 8.09. The molecule has 1 heterocycles. The van der Waals surface area contributed by atoms with Crippen molar-refractivity contribution in [2.75, 3.05) is 30.3 Å². The first-order valence-corrected chi connectivity index (χ1v) is 12.2. The number of fused-ring (bicyclic) bond motifs is 1. The molecular weight excluding hydrogens is 430 g/mol. The lowest BCUT2D eigenvalue weighted by atomic mass is 10.0. The number of benzene rings is 2. The van der Waals surface area contributed by atoms with E-state index in [1.807, 2.05) is 0 Å². The van der Waals surface area contributed by atoms with Crippen molar-refractivity contribution in [2.45, 2.75) is 36.5 Å². The molecule has 0 spiro atoms. The number of sulfonamides is 1. The number of hydrogen-bond acceptors (Lipinski definition) is 4. The summed E-state index contributed by atoms with van der Waals surface area (Å²) in [6, 6.07) is 8.43. The topological polar surface area (TPSA) is 57.7 Å². The fourth-order valence-corrected chi connectivity index (χ4v) is 5.80. The molecule has 1 amide bonds. The Morgan fingerprint density at radius 1 is 1.10 bits per heavy atom. The third-order valence-electron chi connectivity index (χ3n) is 5.07. The fourth-order valence-electron chi connectivity index (χ4n) is 3.50. The quantitative estimate of drug-likeness (QED) is 0.592. The Bertz CT molecular complexity index is 1040. The molecule has 3 rings (SSSR count). The Balaban J connectivity index is 1.78. The molecule has 30 heavy (non-hydrogen) atoms. The van der Waals surface area contributed by atoms with Gasteiger partial charge in [-0.25, -0.2) is 17.2 Å². The summed E-state index contributed by atoms with van der Waals surface area (Å²) in [6.45, 7) is 4.91. The molecule has 0 aliphatic carbocycles. The van der Waals surface area contributed by atoms with E-state index in [0.29, 0.717) is 36.6 Å². The summed E-state index contributed by atoms with van der Waals surface area (Å²) in [7, 11) is -3.57. The normalized spacial score (nSPS) is 14.1. The summed E-state index contributed by atoms with van der Waals surface area (Å²) in [5.74, 6) is -1.96. The zero-order valence-electron chi connectivity index (χ0n) is 16.9. The van der Waals surface area contributed by atoms with E-state index in [-0.39, 0.29) is 16.6 Å². The molecule has 0 saturated heterocycles. The van der Waals surface area contributed by atoms with Gasteiger partial charge in [0.15, 0.2) is 11.6 Å². The van der Waals surface area contributed by atoms with Gasteiger partial charge in [-0.3, -0.25) is 4.79 Å². The van der Waals surface area contributed by atoms with Gasteiger partial charge in [0.2, 0.25) is 15.9 Å². The van der Waals surface area contributed by atoms with Crippen LogP contribution in [0.15, 0.2) is 46.2 Å². The Morgan fingerprint density at radius 3 is 2.50 bits per heavy atom. The number of nitrogens with zero attached hydrogens (tertiary/aromatic N) is 2. The van der Waals surface area contributed by atoms with Crippen molar-refractivity contribution in [3.8, 4) is 0 Å². The van der Waals surface area contributed by atoms with Crippen LogP contribution in [0.5, 0.6) is 0 Å². The molecule has 0 N–H and O–H groups in total. The zero-order chi connectivity index (χ0) is 21.9. The average Bonchev–Trinajstić information content (AvgIpc) is 2.74. The van der Waals surface area contributed by atoms with Crippen LogP contribution in [0.3, 0.4) is 0 Å². The molecular formula is C21H24F2N2O3S2. The first-order chi connectivity index (χ1) is 14.3. The number of anilines is 1. The number of rotatable bonds is 7. The average molecular weight is 455 g/mol. The first kappa shape index (κ1) is 22.7. The molecule has 0 atom stereocenters. The predicted octanol–water partition coefficient (Wildman–Crippen LogP) is 4.07. The van der Waals surface area contributed by atoms with Crippen LogP contribution in [0.4, 0.5) is 14.5 Å². The fraction of sp³-hybridized carbons (Fsp3) is 0.381. The maximum Gasteiger partial charge on any atom is 0.243 e. The summed E-state index contributed by atoms with van der Waals surface area (Å²) in [5, 5.41) is 0. The molecule has 0 saturated carbocycles. The highest BCUT2D eigenvalue weighted by Gasteiger charge is 2.27. The van der Waals surface area contributed by atoms with Gasteiger partial charge in [-0.05, 0) is 54.8 Å². The highest BCUT2D eigenvalue weighted by atomic mass is 32.2. The monoisotopic (exact) mass is 454 g/mol. The second kappa shape index (κ2) is 9.45. The molecule has 5 nitrogen and oxygen atoms in total. The highest BCUT2D eigenvalue weighted by molar-refractivity contribution is 8.00. The Labute approximate surface area is 180 Å². The van der Waals surface area contributed by atoms with Gasteiger partial charge in [0.1, 0.15) is 0 Å². The van der Waals surface area contributed by atoms with Crippen molar-refractivity contribution in [1.29, 1.82) is 0 Å². The van der Waals surface area contributed by atoms with E-state index in [1.54, 1.807) is 36.9 Å². The van der Waals surface area contributed by atoms with Gasteiger partial charge >= 0.3 is 0 Å². The predicted molar refractivity (Wildman–Crippen MR) is 114 cm³/mol. The Kier molecular flexibility index (Phi) is 7.15. The summed E-state index contributed by atoms with van der Waals surface area (Å²) < 4.78 is 53.4. The van der Waals surface area contributed by atoms with E-state index in [2.05, 4.69) is 0 Å². The number of carbonyl (C=O) groups excluding carboxylic acids is 1. The van der Waals surface area contributed by atoms with Crippen molar-refractivity contribution in [3.05, 3.63) is 53.6 Å². The van der Waals surface area contributed by atoms with Crippen LogP contribution in [-0.2, 0) is 21.2 Å². The standard InChI is InChI=1S/C21H24F2N2O3S2/c1-3-24(4-2)30(27,28)17-8-10-20-15(12-17)6-5-11-25(20)21(26)14-29-16-7-9-18(22)19(23)13-16/h7-10,12-13H,3-6,11,14H2,1-2H3. The lowest BCUT2D eigenvalue weighted by molar-refractivity contribution is -0.116. The van der Waals surface area contributed by atoms with Gasteiger partial charge in [-0.1, -0.05) is 13.8 Å². The number of carbonyl (C=O) groups is 1. The number of thioether (sulfide) groups is 1. The lowest BCUT2D eigenvalue weighted by Crippen LogP contribution is -2.37.